The summed E-state index contributed by atoms with van der Waals surface area (Å²) in [7, 11) is 3.40. The van der Waals surface area contributed by atoms with Crippen LogP contribution in [0.15, 0.2) is 40.3 Å². The minimum Gasteiger partial charge on any atom is -0.273 e. The topological polar surface area (TPSA) is 39.8 Å². The molecule has 0 unspecified atom stereocenters. The van der Waals surface area contributed by atoms with Gasteiger partial charge in [-0.25, -0.2) is 9.48 Å². The lowest BCUT2D eigenvalue weighted by molar-refractivity contribution is 0.711. The summed E-state index contributed by atoms with van der Waals surface area (Å²) in [6.07, 6.45) is 0. The molecule has 0 radical (unpaired) electrons. The molecule has 1 aromatic heterocycles. The van der Waals surface area contributed by atoms with Crippen LogP contribution in [-0.4, -0.2) is 14.3 Å². The molecule has 4 nitrogen and oxygen atoms in total. The van der Waals surface area contributed by atoms with Crippen LogP contribution in [0.3, 0.4) is 0 Å². The maximum Gasteiger partial charge on any atom is 0.346 e. The molecule has 1 heterocycles. The Kier molecular flexibility index (Phi) is 3.14. The van der Waals surface area contributed by atoms with Crippen LogP contribution in [0, 0.1) is 0 Å². The number of thioether (sulfide) groups is 1. The first-order chi connectivity index (χ1) is 7.68. The van der Waals surface area contributed by atoms with Gasteiger partial charge in [0.1, 0.15) is 0 Å². The molecule has 5 heteroatoms. The maximum atomic E-state index is 11.5. The molecule has 16 heavy (non-hydrogen) atoms. The van der Waals surface area contributed by atoms with Crippen molar-refractivity contribution in [1.82, 2.24) is 14.3 Å². The highest BCUT2D eigenvalue weighted by Crippen LogP contribution is 2.18. The van der Waals surface area contributed by atoms with E-state index in [0.29, 0.717) is 0 Å². The van der Waals surface area contributed by atoms with Gasteiger partial charge < -0.3 is 0 Å². The summed E-state index contributed by atoms with van der Waals surface area (Å²) in [5, 5.41) is 4.90. The van der Waals surface area contributed by atoms with E-state index in [0.717, 1.165) is 10.9 Å². The molecule has 0 aliphatic carbocycles. The van der Waals surface area contributed by atoms with E-state index in [1.807, 2.05) is 18.2 Å². The second kappa shape index (κ2) is 4.57. The van der Waals surface area contributed by atoms with Gasteiger partial charge in [-0.05, 0) is 5.56 Å². The number of benzene rings is 1. The van der Waals surface area contributed by atoms with Gasteiger partial charge in [-0.3, -0.25) is 4.57 Å². The molecule has 0 bridgehead atoms. The third-order valence-electron chi connectivity index (χ3n) is 2.30. The molecule has 84 valence electrons. The van der Waals surface area contributed by atoms with E-state index in [9.17, 15) is 4.79 Å². The van der Waals surface area contributed by atoms with Crippen molar-refractivity contribution in [3.63, 3.8) is 0 Å². The average Bonchev–Trinajstić information content (AvgIpc) is 2.56. The molecule has 1 aromatic carbocycles. The van der Waals surface area contributed by atoms with Gasteiger partial charge in [0, 0.05) is 19.8 Å². The average molecular weight is 235 g/mol. The second-order valence-electron chi connectivity index (χ2n) is 3.52. The van der Waals surface area contributed by atoms with E-state index < -0.39 is 0 Å². The van der Waals surface area contributed by atoms with Crippen LogP contribution in [0.25, 0.3) is 0 Å². The Hall–Kier alpha value is -1.49. The Morgan fingerprint density at radius 2 is 1.94 bits per heavy atom. The third kappa shape index (κ3) is 2.19. The summed E-state index contributed by atoms with van der Waals surface area (Å²) < 4.78 is 2.92. The molecule has 0 fully saturated rings. The molecule has 2 aromatic rings. The highest BCUT2D eigenvalue weighted by atomic mass is 32.2. The maximum absolute atomic E-state index is 11.5. The van der Waals surface area contributed by atoms with Crippen molar-refractivity contribution in [3.8, 4) is 0 Å². The van der Waals surface area contributed by atoms with Gasteiger partial charge in [0.2, 0.25) is 0 Å². The SMILES string of the molecule is Cn1nc(SCc2ccccc2)n(C)c1=O. The van der Waals surface area contributed by atoms with Crippen LogP contribution in [0.4, 0.5) is 0 Å². The number of aromatic nitrogens is 3. The van der Waals surface area contributed by atoms with Gasteiger partial charge in [-0.1, -0.05) is 42.1 Å². The van der Waals surface area contributed by atoms with Crippen molar-refractivity contribution in [2.45, 2.75) is 10.9 Å². The molecule has 0 aliphatic rings. The van der Waals surface area contributed by atoms with Gasteiger partial charge in [0.15, 0.2) is 5.16 Å². The number of rotatable bonds is 3. The van der Waals surface area contributed by atoms with Crippen LogP contribution in [0.1, 0.15) is 5.56 Å². The minimum absolute atomic E-state index is 0.0874. The first-order valence-corrected chi connectivity index (χ1v) is 5.94. The largest absolute Gasteiger partial charge is 0.346 e. The van der Waals surface area contributed by atoms with Crippen molar-refractivity contribution in [1.29, 1.82) is 0 Å². The van der Waals surface area contributed by atoms with Crippen LogP contribution < -0.4 is 5.69 Å². The van der Waals surface area contributed by atoms with Crippen molar-refractivity contribution >= 4 is 11.8 Å². The smallest absolute Gasteiger partial charge is 0.273 e. The Morgan fingerprint density at radius 1 is 1.25 bits per heavy atom. The van der Waals surface area contributed by atoms with Crippen LogP contribution in [-0.2, 0) is 19.8 Å². The van der Waals surface area contributed by atoms with Crippen molar-refractivity contribution in [2.24, 2.45) is 14.1 Å². The highest BCUT2D eigenvalue weighted by Gasteiger charge is 2.07. The second-order valence-corrected chi connectivity index (χ2v) is 4.46. The normalized spacial score (nSPS) is 10.6. The molecular formula is C11H13N3OS. The Balaban J connectivity index is 2.11. The van der Waals surface area contributed by atoms with E-state index >= 15 is 0 Å². The zero-order chi connectivity index (χ0) is 11.5. The van der Waals surface area contributed by atoms with Crippen LogP contribution in [0.2, 0.25) is 0 Å². The molecule has 0 N–H and O–H groups in total. The van der Waals surface area contributed by atoms with Gasteiger partial charge in [-0.15, -0.1) is 5.10 Å². The quantitative estimate of drug-likeness (QED) is 0.755. The molecule has 0 atom stereocenters. The molecule has 0 spiro atoms. The Morgan fingerprint density at radius 3 is 2.50 bits per heavy atom. The van der Waals surface area contributed by atoms with E-state index in [2.05, 4.69) is 17.2 Å². The highest BCUT2D eigenvalue weighted by molar-refractivity contribution is 7.98. The molecule has 0 aliphatic heterocycles. The van der Waals surface area contributed by atoms with E-state index in [1.165, 1.54) is 10.2 Å². The molecule has 0 amide bonds. The Labute approximate surface area is 97.9 Å². The van der Waals surface area contributed by atoms with Crippen molar-refractivity contribution in [2.75, 3.05) is 0 Å². The molecule has 0 saturated heterocycles. The number of nitrogens with zero attached hydrogens (tertiary/aromatic N) is 3. The van der Waals surface area contributed by atoms with E-state index in [4.69, 9.17) is 0 Å². The fourth-order valence-electron chi connectivity index (χ4n) is 1.38. The first-order valence-electron chi connectivity index (χ1n) is 4.95. The lowest BCUT2D eigenvalue weighted by atomic mass is 10.2. The van der Waals surface area contributed by atoms with Crippen molar-refractivity contribution < 1.29 is 0 Å². The zero-order valence-corrected chi connectivity index (χ0v) is 10.1. The zero-order valence-electron chi connectivity index (χ0n) is 9.25. The summed E-state index contributed by atoms with van der Waals surface area (Å²) in [5.41, 5.74) is 1.14. The molecule has 2 rings (SSSR count). The predicted octanol–water partition coefficient (Wildman–Crippen LogP) is 1.41. The number of aryl methyl sites for hydroxylation is 1. The minimum atomic E-state index is -0.0874. The first kappa shape index (κ1) is 11.0. The number of hydrogen-bond donors (Lipinski definition) is 0. The van der Waals surface area contributed by atoms with E-state index in [-0.39, 0.29) is 5.69 Å². The van der Waals surface area contributed by atoms with Crippen molar-refractivity contribution in [3.05, 3.63) is 46.4 Å². The van der Waals surface area contributed by atoms with Crippen LogP contribution >= 0.6 is 11.8 Å². The molecule has 0 saturated carbocycles. The standard InChI is InChI=1S/C11H13N3OS/c1-13-10(12-14(2)11(13)15)16-8-9-6-4-3-5-7-9/h3-7H,8H2,1-2H3. The fraction of sp³-hybridized carbons (Fsp3) is 0.273. The van der Waals surface area contributed by atoms with Gasteiger partial charge in [0.25, 0.3) is 0 Å². The summed E-state index contributed by atoms with van der Waals surface area (Å²) in [6, 6.07) is 10.1. The van der Waals surface area contributed by atoms with E-state index in [1.54, 1.807) is 30.4 Å². The monoisotopic (exact) mass is 235 g/mol. The summed E-state index contributed by atoms with van der Waals surface area (Å²) in [5.74, 6) is 0.825. The van der Waals surface area contributed by atoms with Gasteiger partial charge in [0.05, 0.1) is 0 Å². The third-order valence-corrected chi connectivity index (χ3v) is 3.39. The van der Waals surface area contributed by atoms with Gasteiger partial charge in [-0.2, -0.15) is 0 Å². The Bertz CT molecular complexity index is 530. The summed E-state index contributed by atoms with van der Waals surface area (Å²) >= 11 is 1.57. The van der Waals surface area contributed by atoms with Crippen LogP contribution in [0.5, 0.6) is 0 Å². The summed E-state index contributed by atoms with van der Waals surface area (Å²) in [6.45, 7) is 0. The molecular weight excluding hydrogens is 222 g/mol. The summed E-state index contributed by atoms with van der Waals surface area (Å²) in [4.78, 5) is 11.5. The lowest BCUT2D eigenvalue weighted by Gasteiger charge is -1.99. The van der Waals surface area contributed by atoms with Gasteiger partial charge >= 0.3 is 5.69 Å². The number of hydrogen-bond acceptors (Lipinski definition) is 3. The lowest BCUT2D eigenvalue weighted by Crippen LogP contribution is -2.20. The fourth-order valence-corrected chi connectivity index (χ4v) is 2.33. The predicted molar refractivity (Wildman–Crippen MR) is 64.5 cm³/mol.